The molecule has 3 nitrogen and oxygen atoms in total. The van der Waals surface area contributed by atoms with Crippen LogP contribution in [0.15, 0.2) is 54.6 Å². The zero-order valence-corrected chi connectivity index (χ0v) is 11.5. The molecule has 102 valence electrons. The topological polar surface area (TPSA) is 56.0 Å². The van der Waals surface area contributed by atoms with Crippen LogP contribution in [0, 0.1) is 11.3 Å². The lowest BCUT2D eigenvalue weighted by atomic mass is 10.1. The molecule has 2 N–H and O–H groups in total. The lowest BCUT2D eigenvalue weighted by Crippen LogP contribution is -2.24. The molecule has 0 spiro atoms. The van der Waals surface area contributed by atoms with Crippen LogP contribution in [0.25, 0.3) is 0 Å². The molecule has 0 aromatic heterocycles. The summed E-state index contributed by atoms with van der Waals surface area (Å²) in [7, 11) is 0. The minimum absolute atomic E-state index is 0.184. The summed E-state index contributed by atoms with van der Waals surface area (Å²) < 4.78 is 0. The van der Waals surface area contributed by atoms with Crippen molar-refractivity contribution in [3.63, 3.8) is 0 Å². The third-order valence-electron chi connectivity index (χ3n) is 3.34. The third kappa shape index (κ3) is 3.67. The molecule has 2 atom stereocenters. The molecular formula is C17H18N2O. The van der Waals surface area contributed by atoms with Crippen molar-refractivity contribution in [3.05, 3.63) is 71.3 Å². The van der Waals surface area contributed by atoms with Gasteiger partial charge in [0.05, 0.1) is 17.7 Å². The van der Waals surface area contributed by atoms with Gasteiger partial charge in [-0.25, -0.2) is 0 Å². The Hall–Kier alpha value is -2.15. The van der Waals surface area contributed by atoms with Crippen LogP contribution < -0.4 is 5.32 Å². The number of nitrogens with zero attached hydrogens (tertiary/aromatic N) is 1. The van der Waals surface area contributed by atoms with Crippen LogP contribution in [-0.4, -0.2) is 11.7 Å². The van der Waals surface area contributed by atoms with Gasteiger partial charge in [0.1, 0.15) is 0 Å². The van der Waals surface area contributed by atoms with Crippen LogP contribution in [0.3, 0.4) is 0 Å². The van der Waals surface area contributed by atoms with Gasteiger partial charge in [-0.05, 0) is 30.2 Å². The second kappa shape index (κ2) is 6.85. The molecule has 0 heterocycles. The van der Waals surface area contributed by atoms with E-state index in [0.29, 0.717) is 12.1 Å². The maximum atomic E-state index is 10.1. The fourth-order valence-corrected chi connectivity index (χ4v) is 2.05. The van der Waals surface area contributed by atoms with E-state index in [-0.39, 0.29) is 6.04 Å². The highest BCUT2D eigenvalue weighted by atomic mass is 16.3. The number of aliphatic hydroxyl groups excluding tert-OH is 1. The molecule has 2 rings (SSSR count). The first-order valence-electron chi connectivity index (χ1n) is 6.67. The number of rotatable bonds is 5. The summed E-state index contributed by atoms with van der Waals surface area (Å²) >= 11 is 0. The molecule has 0 saturated heterocycles. The molecule has 1 unspecified atom stereocenters. The van der Waals surface area contributed by atoms with Crippen LogP contribution >= 0.6 is 0 Å². The molecule has 0 aliphatic carbocycles. The van der Waals surface area contributed by atoms with E-state index in [9.17, 15) is 5.11 Å². The van der Waals surface area contributed by atoms with E-state index in [1.807, 2.05) is 18.2 Å². The number of aliphatic hydroxyl groups is 1. The highest BCUT2D eigenvalue weighted by Crippen LogP contribution is 2.16. The Morgan fingerprint density at radius 2 is 1.70 bits per heavy atom. The summed E-state index contributed by atoms with van der Waals surface area (Å²) in [5.74, 6) is 0. The second-order valence-corrected chi connectivity index (χ2v) is 4.79. The van der Waals surface area contributed by atoms with Crippen molar-refractivity contribution in [2.75, 3.05) is 6.54 Å². The largest absolute Gasteiger partial charge is 0.387 e. The quantitative estimate of drug-likeness (QED) is 0.874. The molecule has 0 saturated carbocycles. The van der Waals surface area contributed by atoms with Gasteiger partial charge in [0.15, 0.2) is 0 Å². The molecule has 0 aliphatic rings. The van der Waals surface area contributed by atoms with Crippen molar-refractivity contribution >= 4 is 0 Å². The third-order valence-corrected chi connectivity index (χ3v) is 3.34. The lowest BCUT2D eigenvalue weighted by Gasteiger charge is -2.17. The average molecular weight is 266 g/mol. The van der Waals surface area contributed by atoms with Crippen LogP contribution in [0.5, 0.6) is 0 Å². The Bertz CT molecular complexity index is 572. The molecule has 0 radical (unpaired) electrons. The Morgan fingerprint density at radius 1 is 1.05 bits per heavy atom. The van der Waals surface area contributed by atoms with Crippen molar-refractivity contribution in [1.29, 1.82) is 5.26 Å². The van der Waals surface area contributed by atoms with E-state index in [1.165, 1.54) is 5.56 Å². The fourth-order valence-electron chi connectivity index (χ4n) is 2.05. The van der Waals surface area contributed by atoms with Gasteiger partial charge in [0, 0.05) is 12.6 Å². The monoisotopic (exact) mass is 266 g/mol. The predicted octanol–water partition coefficient (Wildman–Crippen LogP) is 2.94. The van der Waals surface area contributed by atoms with Crippen LogP contribution in [-0.2, 0) is 0 Å². The Balaban J connectivity index is 1.91. The van der Waals surface area contributed by atoms with Gasteiger partial charge in [-0.3, -0.25) is 0 Å². The van der Waals surface area contributed by atoms with Gasteiger partial charge in [0.25, 0.3) is 0 Å². The van der Waals surface area contributed by atoms with Crippen LogP contribution in [0.1, 0.15) is 35.8 Å². The summed E-state index contributed by atoms with van der Waals surface area (Å²) in [6.07, 6.45) is -0.575. The normalized spacial score (nSPS) is 13.4. The number of benzene rings is 2. The number of hydrogen-bond donors (Lipinski definition) is 2. The van der Waals surface area contributed by atoms with Crippen molar-refractivity contribution in [2.24, 2.45) is 0 Å². The van der Waals surface area contributed by atoms with Gasteiger partial charge < -0.3 is 10.4 Å². The maximum Gasteiger partial charge on any atom is 0.0991 e. The smallest absolute Gasteiger partial charge is 0.0991 e. The maximum absolute atomic E-state index is 10.1. The molecule has 20 heavy (non-hydrogen) atoms. The van der Waals surface area contributed by atoms with Gasteiger partial charge in [-0.1, -0.05) is 42.5 Å². The van der Waals surface area contributed by atoms with Crippen LogP contribution in [0.2, 0.25) is 0 Å². The van der Waals surface area contributed by atoms with Crippen molar-refractivity contribution in [2.45, 2.75) is 19.1 Å². The molecule has 0 amide bonds. The summed E-state index contributed by atoms with van der Waals surface area (Å²) in [6, 6.07) is 19.4. The second-order valence-electron chi connectivity index (χ2n) is 4.79. The minimum atomic E-state index is -0.575. The first-order chi connectivity index (χ1) is 9.70. The Labute approximate surface area is 119 Å². The van der Waals surface area contributed by atoms with E-state index in [1.54, 1.807) is 24.3 Å². The highest BCUT2D eigenvalue weighted by Gasteiger charge is 2.10. The predicted molar refractivity (Wildman–Crippen MR) is 79.0 cm³/mol. The fraction of sp³-hybridized carbons (Fsp3) is 0.235. The van der Waals surface area contributed by atoms with Gasteiger partial charge >= 0.3 is 0 Å². The van der Waals surface area contributed by atoms with Gasteiger partial charge in [-0.15, -0.1) is 0 Å². The molecule has 0 aliphatic heterocycles. The summed E-state index contributed by atoms with van der Waals surface area (Å²) in [4.78, 5) is 0. The van der Waals surface area contributed by atoms with E-state index in [2.05, 4.69) is 30.4 Å². The zero-order chi connectivity index (χ0) is 14.4. The summed E-state index contributed by atoms with van der Waals surface area (Å²) in [6.45, 7) is 2.54. The van der Waals surface area contributed by atoms with E-state index >= 15 is 0 Å². The number of hydrogen-bond acceptors (Lipinski definition) is 3. The molecule has 3 heteroatoms. The number of nitrogens with one attached hydrogen (secondary N) is 1. The van der Waals surface area contributed by atoms with E-state index < -0.39 is 6.10 Å². The van der Waals surface area contributed by atoms with Crippen molar-refractivity contribution < 1.29 is 5.11 Å². The first-order valence-corrected chi connectivity index (χ1v) is 6.67. The molecule has 2 aromatic carbocycles. The van der Waals surface area contributed by atoms with Crippen molar-refractivity contribution in [1.82, 2.24) is 5.32 Å². The lowest BCUT2D eigenvalue weighted by molar-refractivity contribution is 0.171. The number of nitriles is 1. The van der Waals surface area contributed by atoms with E-state index in [0.717, 1.165) is 5.56 Å². The standard InChI is InChI=1S/C17H18N2O/c1-13(15-5-3-2-4-6-15)19-12-17(20)16-9-7-14(11-18)8-10-16/h2-10,13,17,19-20H,12H2,1H3/t13-,17?/m0/s1. The molecular weight excluding hydrogens is 248 g/mol. The first kappa shape index (κ1) is 14.3. The summed E-state index contributed by atoms with van der Waals surface area (Å²) in [5.41, 5.74) is 2.61. The van der Waals surface area contributed by atoms with Crippen molar-refractivity contribution in [3.8, 4) is 6.07 Å². The Kier molecular flexibility index (Phi) is 4.89. The van der Waals surface area contributed by atoms with Crippen LogP contribution in [0.4, 0.5) is 0 Å². The van der Waals surface area contributed by atoms with Gasteiger partial charge in [0.2, 0.25) is 0 Å². The SMILES string of the molecule is C[C@H](NCC(O)c1ccc(C#N)cc1)c1ccccc1. The molecule has 0 bridgehead atoms. The zero-order valence-electron chi connectivity index (χ0n) is 11.5. The van der Waals surface area contributed by atoms with E-state index in [4.69, 9.17) is 5.26 Å². The highest BCUT2D eigenvalue weighted by molar-refractivity contribution is 5.32. The van der Waals surface area contributed by atoms with Gasteiger partial charge in [-0.2, -0.15) is 5.26 Å². The average Bonchev–Trinajstić information content (AvgIpc) is 2.53. The summed E-state index contributed by atoms with van der Waals surface area (Å²) in [5, 5.41) is 22.2. The molecule has 2 aromatic rings. The molecule has 0 fully saturated rings. The minimum Gasteiger partial charge on any atom is -0.387 e. The Morgan fingerprint density at radius 3 is 2.30 bits per heavy atom.